The second-order valence-electron chi connectivity index (χ2n) is 3.14. The van der Waals surface area contributed by atoms with Crippen molar-refractivity contribution < 1.29 is 0 Å². The zero-order valence-corrected chi connectivity index (χ0v) is 8.78. The van der Waals surface area contributed by atoms with Crippen molar-refractivity contribution in [3.05, 3.63) is 41.7 Å². The molecule has 0 atom stereocenters. The van der Waals surface area contributed by atoms with E-state index in [2.05, 4.69) is 11.0 Å². The van der Waals surface area contributed by atoms with Crippen LogP contribution in [-0.2, 0) is 6.54 Å². The van der Waals surface area contributed by atoms with Gasteiger partial charge in [0.15, 0.2) is 0 Å². The minimum atomic E-state index is 0.487. The molecular formula is C12H9ClN2. The van der Waals surface area contributed by atoms with Gasteiger partial charge in [0, 0.05) is 16.8 Å². The quantitative estimate of drug-likeness (QED) is 0.706. The summed E-state index contributed by atoms with van der Waals surface area (Å²) in [5.74, 6) is 2.53. The molecule has 0 radical (unpaired) electrons. The number of benzene rings is 1. The van der Waals surface area contributed by atoms with Crippen molar-refractivity contribution in [2.24, 2.45) is 0 Å². The lowest BCUT2D eigenvalue weighted by Gasteiger charge is -1.96. The van der Waals surface area contributed by atoms with Gasteiger partial charge in [0.05, 0.1) is 6.20 Å². The van der Waals surface area contributed by atoms with Gasteiger partial charge in [-0.3, -0.25) is 4.68 Å². The van der Waals surface area contributed by atoms with Crippen LogP contribution in [0.5, 0.6) is 0 Å². The summed E-state index contributed by atoms with van der Waals surface area (Å²) in [6.45, 7) is 0.487. The smallest absolute Gasteiger partial charge is 0.101 e. The molecule has 0 aliphatic rings. The third-order valence-corrected chi connectivity index (χ3v) is 2.28. The number of rotatable bonds is 2. The molecule has 74 valence electrons. The van der Waals surface area contributed by atoms with Crippen LogP contribution in [0.25, 0.3) is 11.1 Å². The lowest BCUT2D eigenvalue weighted by atomic mass is 10.1. The molecule has 0 unspecified atom stereocenters. The fraction of sp³-hybridized carbons (Fsp3) is 0.0833. The Morgan fingerprint density at radius 2 is 2.27 bits per heavy atom. The van der Waals surface area contributed by atoms with Gasteiger partial charge in [0.25, 0.3) is 0 Å². The molecular weight excluding hydrogens is 208 g/mol. The van der Waals surface area contributed by atoms with Crippen LogP contribution < -0.4 is 0 Å². The van der Waals surface area contributed by atoms with Crippen LogP contribution in [-0.4, -0.2) is 9.78 Å². The summed E-state index contributed by atoms with van der Waals surface area (Å²) in [6, 6.07) is 7.65. The third-order valence-electron chi connectivity index (χ3n) is 2.04. The molecule has 0 fully saturated rings. The highest BCUT2D eigenvalue weighted by molar-refractivity contribution is 6.30. The Hall–Kier alpha value is -1.72. The minimum Gasteiger partial charge on any atom is -0.260 e. The van der Waals surface area contributed by atoms with E-state index in [-0.39, 0.29) is 0 Å². The molecule has 0 aliphatic carbocycles. The van der Waals surface area contributed by atoms with E-state index in [0.717, 1.165) is 16.1 Å². The molecule has 0 N–H and O–H groups in total. The largest absolute Gasteiger partial charge is 0.260 e. The van der Waals surface area contributed by atoms with Gasteiger partial charge in [0.2, 0.25) is 0 Å². The van der Waals surface area contributed by atoms with Crippen molar-refractivity contribution in [3.8, 4) is 23.5 Å². The predicted molar refractivity (Wildman–Crippen MR) is 61.5 cm³/mol. The molecule has 0 spiro atoms. The van der Waals surface area contributed by atoms with Gasteiger partial charge < -0.3 is 0 Å². The summed E-state index contributed by atoms with van der Waals surface area (Å²) >= 11 is 5.90. The Labute approximate surface area is 93.5 Å². The Kier molecular flexibility index (Phi) is 2.75. The molecule has 2 nitrogen and oxygen atoms in total. The van der Waals surface area contributed by atoms with Crippen LogP contribution in [0.1, 0.15) is 0 Å². The van der Waals surface area contributed by atoms with Crippen LogP contribution >= 0.6 is 11.6 Å². The standard InChI is InChI=1S/C12H9ClN2/c1-2-6-15-9-11(8-14-15)10-4-3-5-12(13)7-10/h1,3-5,7-9H,6H2. The molecule has 0 aliphatic heterocycles. The van der Waals surface area contributed by atoms with Crippen LogP contribution in [0.15, 0.2) is 36.7 Å². The van der Waals surface area contributed by atoms with Crippen molar-refractivity contribution in [2.45, 2.75) is 6.54 Å². The van der Waals surface area contributed by atoms with Gasteiger partial charge in [0.1, 0.15) is 6.54 Å². The Morgan fingerprint density at radius 3 is 3.00 bits per heavy atom. The molecule has 2 aromatic rings. The summed E-state index contributed by atoms with van der Waals surface area (Å²) in [5, 5.41) is 4.86. The first-order chi connectivity index (χ1) is 7.29. The van der Waals surface area contributed by atoms with Gasteiger partial charge in [-0.2, -0.15) is 5.10 Å². The summed E-state index contributed by atoms with van der Waals surface area (Å²) in [5.41, 5.74) is 2.07. The molecule has 15 heavy (non-hydrogen) atoms. The van der Waals surface area contributed by atoms with Gasteiger partial charge in [-0.05, 0) is 17.7 Å². The van der Waals surface area contributed by atoms with E-state index in [1.165, 1.54) is 0 Å². The van der Waals surface area contributed by atoms with Crippen LogP contribution in [0.4, 0.5) is 0 Å². The van der Waals surface area contributed by atoms with Crippen LogP contribution in [0.2, 0.25) is 5.02 Å². The highest BCUT2D eigenvalue weighted by Gasteiger charge is 2.01. The average molecular weight is 217 g/mol. The number of hydrogen-bond acceptors (Lipinski definition) is 1. The second-order valence-corrected chi connectivity index (χ2v) is 3.58. The van der Waals surface area contributed by atoms with E-state index in [4.69, 9.17) is 18.0 Å². The fourth-order valence-corrected chi connectivity index (χ4v) is 1.55. The first kappa shape index (κ1) is 9.82. The van der Waals surface area contributed by atoms with E-state index in [0.29, 0.717) is 6.54 Å². The maximum atomic E-state index is 5.90. The maximum Gasteiger partial charge on any atom is 0.101 e. The van der Waals surface area contributed by atoms with Crippen molar-refractivity contribution >= 4 is 11.6 Å². The lowest BCUT2D eigenvalue weighted by Crippen LogP contribution is -1.93. The number of aromatic nitrogens is 2. The van der Waals surface area contributed by atoms with E-state index in [1.54, 1.807) is 10.9 Å². The molecule has 0 bridgehead atoms. The number of nitrogens with zero attached hydrogens (tertiary/aromatic N) is 2. The molecule has 0 saturated heterocycles. The Bertz CT molecular complexity index is 508. The van der Waals surface area contributed by atoms with E-state index >= 15 is 0 Å². The topological polar surface area (TPSA) is 17.8 Å². The Balaban J connectivity index is 2.34. The number of terminal acetylenes is 1. The monoisotopic (exact) mass is 216 g/mol. The Morgan fingerprint density at radius 1 is 1.40 bits per heavy atom. The van der Waals surface area contributed by atoms with E-state index in [9.17, 15) is 0 Å². The molecule has 1 aromatic carbocycles. The maximum absolute atomic E-state index is 5.90. The zero-order chi connectivity index (χ0) is 10.7. The van der Waals surface area contributed by atoms with Gasteiger partial charge >= 0.3 is 0 Å². The fourth-order valence-electron chi connectivity index (χ4n) is 1.36. The zero-order valence-electron chi connectivity index (χ0n) is 8.02. The molecule has 2 rings (SSSR count). The highest BCUT2D eigenvalue weighted by Crippen LogP contribution is 2.21. The van der Waals surface area contributed by atoms with Crippen molar-refractivity contribution in [2.75, 3.05) is 0 Å². The first-order valence-corrected chi connectivity index (χ1v) is 4.89. The van der Waals surface area contributed by atoms with Gasteiger partial charge in [-0.15, -0.1) is 6.42 Å². The summed E-state index contributed by atoms with van der Waals surface area (Å²) in [7, 11) is 0. The molecule has 0 saturated carbocycles. The summed E-state index contributed by atoms with van der Waals surface area (Å²) < 4.78 is 1.72. The predicted octanol–water partition coefficient (Wildman–Crippen LogP) is 2.84. The molecule has 0 amide bonds. The van der Waals surface area contributed by atoms with Crippen molar-refractivity contribution in [3.63, 3.8) is 0 Å². The van der Waals surface area contributed by atoms with Crippen LogP contribution in [0.3, 0.4) is 0 Å². The SMILES string of the molecule is C#CCn1cc(-c2cccc(Cl)c2)cn1. The average Bonchev–Trinajstić information content (AvgIpc) is 2.67. The van der Waals surface area contributed by atoms with E-state index in [1.807, 2.05) is 30.5 Å². The van der Waals surface area contributed by atoms with E-state index < -0.39 is 0 Å². The molecule has 1 aromatic heterocycles. The van der Waals surface area contributed by atoms with Gasteiger partial charge in [-0.25, -0.2) is 0 Å². The first-order valence-electron chi connectivity index (χ1n) is 4.51. The lowest BCUT2D eigenvalue weighted by molar-refractivity contribution is 0.716. The summed E-state index contributed by atoms with van der Waals surface area (Å²) in [4.78, 5) is 0. The van der Waals surface area contributed by atoms with Gasteiger partial charge in [-0.1, -0.05) is 29.7 Å². The van der Waals surface area contributed by atoms with Crippen molar-refractivity contribution in [1.29, 1.82) is 0 Å². The van der Waals surface area contributed by atoms with Crippen LogP contribution in [0, 0.1) is 12.3 Å². The third kappa shape index (κ3) is 2.20. The minimum absolute atomic E-state index is 0.487. The normalized spacial score (nSPS) is 9.87. The molecule has 3 heteroatoms. The van der Waals surface area contributed by atoms with Crippen molar-refractivity contribution in [1.82, 2.24) is 9.78 Å². The molecule has 1 heterocycles. The number of hydrogen-bond donors (Lipinski definition) is 0. The summed E-state index contributed by atoms with van der Waals surface area (Å²) in [6.07, 6.45) is 8.89. The highest BCUT2D eigenvalue weighted by atomic mass is 35.5. The number of halogens is 1. The second kappa shape index (κ2) is 4.20.